The van der Waals surface area contributed by atoms with Gasteiger partial charge in [0, 0.05) is 5.56 Å². The average Bonchev–Trinajstić information content (AvgIpc) is 2.28. The van der Waals surface area contributed by atoms with E-state index in [1.165, 1.54) is 6.07 Å². The SMILES string of the molecule is CCC(C)(C)c1ccc(O)c(C(N)C(=O)O)c1. The summed E-state index contributed by atoms with van der Waals surface area (Å²) in [6.45, 7) is 6.19. The average molecular weight is 237 g/mol. The number of hydrogen-bond donors (Lipinski definition) is 3. The molecule has 0 spiro atoms. The molecule has 0 radical (unpaired) electrons. The zero-order valence-electron chi connectivity index (χ0n) is 10.4. The lowest BCUT2D eigenvalue weighted by molar-refractivity contribution is -0.138. The first kappa shape index (κ1) is 13.5. The van der Waals surface area contributed by atoms with Crippen molar-refractivity contribution in [2.45, 2.75) is 38.6 Å². The van der Waals surface area contributed by atoms with Crippen molar-refractivity contribution in [2.24, 2.45) is 5.73 Å². The molecule has 0 bridgehead atoms. The van der Waals surface area contributed by atoms with Gasteiger partial charge in [-0.15, -0.1) is 0 Å². The summed E-state index contributed by atoms with van der Waals surface area (Å²) in [6, 6.07) is 3.79. The summed E-state index contributed by atoms with van der Waals surface area (Å²) in [7, 11) is 0. The molecule has 0 fully saturated rings. The van der Waals surface area contributed by atoms with Crippen molar-refractivity contribution in [1.82, 2.24) is 0 Å². The van der Waals surface area contributed by atoms with E-state index < -0.39 is 12.0 Å². The number of benzene rings is 1. The second-order valence-corrected chi connectivity index (χ2v) is 4.83. The Bertz CT molecular complexity index is 427. The zero-order chi connectivity index (χ0) is 13.2. The van der Waals surface area contributed by atoms with Gasteiger partial charge in [0.05, 0.1) is 0 Å². The van der Waals surface area contributed by atoms with Crippen LogP contribution in [0.4, 0.5) is 0 Å². The predicted octanol–water partition coefficient (Wildman–Crippen LogP) is 2.16. The van der Waals surface area contributed by atoms with Crippen molar-refractivity contribution < 1.29 is 15.0 Å². The Morgan fingerprint density at radius 1 is 1.47 bits per heavy atom. The lowest BCUT2D eigenvalue weighted by atomic mass is 9.81. The molecule has 0 heterocycles. The van der Waals surface area contributed by atoms with E-state index in [0.717, 1.165) is 12.0 Å². The Morgan fingerprint density at radius 3 is 2.53 bits per heavy atom. The number of nitrogens with two attached hydrogens (primary N) is 1. The fraction of sp³-hybridized carbons (Fsp3) is 0.462. The van der Waals surface area contributed by atoms with Crippen LogP contribution >= 0.6 is 0 Å². The van der Waals surface area contributed by atoms with Gasteiger partial charge in [-0.25, -0.2) is 0 Å². The molecule has 4 nitrogen and oxygen atoms in total. The van der Waals surface area contributed by atoms with Crippen LogP contribution in [-0.2, 0) is 10.2 Å². The van der Waals surface area contributed by atoms with Crippen LogP contribution in [0.15, 0.2) is 18.2 Å². The number of rotatable bonds is 4. The highest BCUT2D eigenvalue weighted by Crippen LogP contribution is 2.32. The number of phenolic OH excluding ortho intramolecular Hbond substituents is 1. The quantitative estimate of drug-likeness (QED) is 0.749. The van der Waals surface area contributed by atoms with Gasteiger partial charge >= 0.3 is 5.97 Å². The molecule has 0 saturated carbocycles. The van der Waals surface area contributed by atoms with Crippen molar-refractivity contribution in [3.05, 3.63) is 29.3 Å². The third kappa shape index (κ3) is 2.77. The molecule has 0 aliphatic heterocycles. The van der Waals surface area contributed by atoms with E-state index in [2.05, 4.69) is 20.8 Å². The molecular weight excluding hydrogens is 218 g/mol. The summed E-state index contributed by atoms with van der Waals surface area (Å²) in [6.07, 6.45) is 0.916. The van der Waals surface area contributed by atoms with E-state index in [9.17, 15) is 9.90 Å². The minimum absolute atomic E-state index is 0.0688. The second-order valence-electron chi connectivity index (χ2n) is 4.83. The molecule has 0 aliphatic rings. The van der Waals surface area contributed by atoms with Crippen LogP contribution in [0, 0.1) is 0 Å². The highest BCUT2D eigenvalue weighted by Gasteiger charge is 2.23. The maximum atomic E-state index is 10.8. The number of carboxylic acid groups (broad SMARTS) is 1. The fourth-order valence-electron chi connectivity index (χ4n) is 1.56. The molecule has 1 unspecified atom stereocenters. The van der Waals surface area contributed by atoms with Crippen molar-refractivity contribution in [2.75, 3.05) is 0 Å². The molecular formula is C13H19NO3. The van der Waals surface area contributed by atoms with Crippen molar-refractivity contribution in [1.29, 1.82) is 0 Å². The van der Waals surface area contributed by atoms with Gasteiger partial charge in [0.1, 0.15) is 11.8 Å². The smallest absolute Gasteiger partial charge is 0.325 e. The monoisotopic (exact) mass is 237 g/mol. The summed E-state index contributed by atoms with van der Waals surface area (Å²) >= 11 is 0. The summed E-state index contributed by atoms with van der Waals surface area (Å²) in [4.78, 5) is 10.8. The molecule has 17 heavy (non-hydrogen) atoms. The maximum absolute atomic E-state index is 10.8. The topological polar surface area (TPSA) is 83.5 Å². The summed E-state index contributed by atoms with van der Waals surface area (Å²) in [5, 5.41) is 18.5. The summed E-state index contributed by atoms with van der Waals surface area (Å²) in [5.74, 6) is -1.22. The van der Waals surface area contributed by atoms with Gasteiger partial charge in [-0.05, 0) is 29.5 Å². The van der Waals surface area contributed by atoms with Crippen LogP contribution in [0.3, 0.4) is 0 Å². The molecule has 0 aliphatic carbocycles. The van der Waals surface area contributed by atoms with E-state index in [1.54, 1.807) is 12.1 Å². The lowest BCUT2D eigenvalue weighted by Crippen LogP contribution is -2.22. The maximum Gasteiger partial charge on any atom is 0.325 e. The first-order chi connectivity index (χ1) is 7.79. The van der Waals surface area contributed by atoms with Crippen LogP contribution in [0.2, 0.25) is 0 Å². The van der Waals surface area contributed by atoms with Gasteiger partial charge in [-0.3, -0.25) is 4.79 Å². The largest absolute Gasteiger partial charge is 0.508 e. The standard InChI is InChI=1S/C13H19NO3/c1-4-13(2,3)8-5-6-10(15)9(7-8)11(14)12(16)17/h5-7,11,15H,4,14H2,1-3H3,(H,16,17). The molecule has 4 heteroatoms. The first-order valence-electron chi connectivity index (χ1n) is 5.61. The van der Waals surface area contributed by atoms with Crippen LogP contribution in [-0.4, -0.2) is 16.2 Å². The van der Waals surface area contributed by atoms with Crippen LogP contribution in [0.25, 0.3) is 0 Å². The molecule has 0 amide bonds. The molecule has 0 aromatic heterocycles. The normalized spacial score (nSPS) is 13.4. The van der Waals surface area contributed by atoms with E-state index in [-0.39, 0.29) is 16.7 Å². The Hall–Kier alpha value is -1.55. The van der Waals surface area contributed by atoms with Crippen molar-refractivity contribution in [3.63, 3.8) is 0 Å². The molecule has 1 atom stereocenters. The van der Waals surface area contributed by atoms with E-state index in [1.807, 2.05) is 0 Å². The van der Waals surface area contributed by atoms with Gasteiger partial charge in [0.2, 0.25) is 0 Å². The first-order valence-corrected chi connectivity index (χ1v) is 5.61. The molecule has 1 aromatic carbocycles. The van der Waals surface area contributed by atoms with Gasteiger partial charge in [-0.2, -0.15) is 0 Å². The third-order valence-corrected chi connectivity index (χ3v) is 3.29. The summed E-state index contributed by atoms with van der Waals surface area (Å²) in [5.41, 5.74) is 6.70. The van der Waals surface area contributed by atoms with Crippen LogP contribution < -0.4 is 5.73 Å². The summed E-state index contributed by atoms with van der Waals surface area (Å²) < 4.78 is 0. The van der Waals surface area contributed by atoms with Gasteiger partial charge in [0.15, 0.2) is 0 Å². The molecule has 1 aromatic rings. The number of carboxylic acids is 1. The molecule has 1 rings (SSSR count). The zero-order valence-corrected chi connectivity index (χ0v) is 10.4. The van der Waals surface area contributed by atoms with Crippen molar-refractivity contribution in [3.8, 4) is 5.75 Å². The van der Waals surface area contributed by atoms with Crippen LogP contribution in [0.1, 0.15) is 44.4 Å². The van der Waals surface area contributed by atoms with Crippen LogP contribution in [0.5, 0.6) is 5.75 Å². The number of aromatic hydroxyl groups is 1. The minimum Gasteiger partial charge on any atom is -0.508 e. The minimum atomic E-state index is -1.19. The Morgan fingerprint density at radius 2 is 2.06 bits per heavy atom. The number of aliphatic carboxylic acids is 1. The third-order valence-electron chi connectivity index (χ3n) is 3.29. The lowest BCUT2D eigenvalue weighted by Gasteiger charge is -2.24. The Balaban J connectivity index is 3.24. The van der Waals surface area contributed by atoms with E-state index in [4.69, 9.17) is 10.8 Å². The van der Waals surface area contributed by atoms with Gasteiger partial charge < -0.3 is 15.9 Å². The van der Waals surface area contributed by atoms with Gasteiger partial charge in [0.25, 0.3) is 0 Å². The number of hydrogen-bond acceptors (Lipinski definition) is 3. The van der Waals surface area contributed by atoms with E-state index in [0.29, 0.717) is 0 Å². The van der Waals surface area contributed by atoms with Gasteiger partial charge in [-0.1, -0.05) is 26.8 Å². The molecule has 4 N–H and O–H groups in total. The highest BCUT2D eigenvalue weighted by atomic mass is 16.4. The fourth-order valence-corrected chi connectivity index (χ4v) is 1.56. The number of phenols is 1. The Kier molecular flexibility index (Phi) is 3.78. The van der Waals surface area contributed by atoms with E-state index >= 15 is 0 Å². The molecule has 0 saturated heterocycles. The number of carbonyl (C=O) groups is 1. The second kappa shape index (κ2) is 4.75. The Labute approximate surface area is 101 Å². The van der Waals surface area contributed by atoms with Crippen molar-refractivity contribution >= 4 is 5.97 Å². The molecule has 94 valence electrons. The highest BCUT2D eigenvalue weighted by molar-refractivity contribution is 5.76. The predicted molar refractivity (Wildman–Crippen MR) is 66.0 cm³/mol.